The smallest absolute Gasteiger partial charge is 0.309 e. The Morgan fingerprint density at radius 1 is 1.28 bits per heavy atom. The molecule has 0 spiro atoms. The number of rotatable bonds is 5. The molecule has 1 aliphatic heterocycles. The third-order valence-corrected chi connectivity index (χ3v) is 5.04. The molecule has 0 aliphatic carbocycles. The lowest BCUT2D eigenvalue weighted by atomic mass is 10.0. The summed E-state index contributed by atoms with van der Waals surface area (Å²) in [5.74, 6) is -1.44. The molecule has 1 unspecified atom stereocenters. The van der Waals surface area contributed by atoms with Crippen molar-refractivity contribution in [1.82, 2.24) is 10.6 Å². The molecule has 0 saturated heterocycles. The van der Waals surface area contributed by atoms with Crippen molar-refractivity contribution < 1.29 is 14.7 Å². The van der Waals surface area contributed by atoms with Gasteiger partial charge in [0.1, 0.15) is 0 Å². The van der Waals surface area contributed by atoms with E-state index in [2.05, 4.69) is 15.5 Å². The van der Waals surface area contributed by atoms with Gasteiger partial charge in [-0.25, -0.2) is 0 Å². The zero-order valence-electron chi connectivity index (χ0n) is 14.0. The molecule has 0 fully saturated rings. The van der Waals surface area contributed by atoms with E-state index in [0.717, 1.165) is 24.1 Å². The van der Waals surface area contributed by atoms with Crippen LogP contribution >= 0.6 is 11.3 Å². The highest BCUT2D eigenvalue weighted by atomic mass is 32.1. The lowest BCUT2D eigenvalue weighted by Gasteiger charge is -2.15. The van der Waals surface area contributed by atoms with Crippen molar-refractivity contribution in [3.05, 3.63) is 51.7 Å². The normalized spacial score (nSPS) is 14.1. The van der Waals surface area contributed by atoms with Crippen LogP contribution in [0.2, 0.25) is 0 Å². The summed E-state index contributed by atoms with van der Waals surface area (Å²) >= 11 is 1.53. The summed E-state index contributed by atoms with van der Waals surface area (Å²) < 4.78 is 0. The summed E-state index contributed by atoms with van der Waals surface area (Å²) in [6.45, 7) is 1.28. The fourth-order valence-corrected chi connectivity index (χ4v) is 3.51. The second kappa shape index (κ2) is 7.67. The number of thiophene rings is 1. The Balaban J connectivity index is 1.49. The largest absolute Gasteiger partial charge is 0.387 e. The minimum atomic E-state index is -0.843. The van der Waals surface area contributed by atoms with Crippen molar-refractivity contribution in [2.75, 3.05) is 25.0 Å². The summed E-state index contributed by atoms with van der Waals surface area (Å²) in [6, 6.07) is 7.69. The van der Waals surface area contributed by atoms with E-state index in [1.54, 1.807) is 0 Å². The van der Waals surface area contributed by atoms with Crippen LogP contribution in [0.25, 0.3) is 0 Å². The van der Waals surface area contributed by atoms with E-state index in [1.165, 1.54) is 22.6 Å². The van der Waals surface area contributed by atoms with E-state index in [4.69, 9.17) is 0 Å². The first-order chi connectivity index (χ1) is 12.0. The summed E-state index contributed by atoms with van der Waals surface area (Å²) in [5, 5.41) is 19.1. The van der Waals surface area contributed by atoms with Gasteiger partial charge in [0.05, 0.1) is 6.10 Å². The van der Waals surface area contributed by atoms with Crippen LogP contribution in [0.3, 0.4) is 0 Å². The minimum Gasteiger partial charge on any atom is -0.387 e. The second-order valence-corrected chi connectivity index (χ2v) is 6.88. The molecule has 2 amide bonds. The van der Waals surface area contributed by atoms with E-state index >= 15 is 0 Å². The Hall–Kier alpha value is -2.38. The number of benzene rings is 1. The molecule has 6 nitrogen and oxygen atoms in total. The quantitative estimate of drug-likeness (QED) is 0.701. The SMILES string of the molecule is CN1CCc2cc(C(O)CNC(=O)C(=O)NCc3ccsc3)ccc21. The lowest BCUT2D eigenvalue weighted by Crippen LogP contribution is -2.41. The first-order valence-electron chi connectivity index (χ1n) is 8.13. The van der Waals surface area contributed by atoms with Crippen molar-refractivity contribution in [2.45, 2.75) is 19.1 Å². The van der Waals surface area contributed by atoms with Crippen LogP contribution in [0.5, 0.6) is 0 Å². The molecule has 0 radical (unpaired) electrons. The third-order valence-electron chi connectivity index (χ3n) is 4.31. The number of likely N-dealkylation sites (N-methyl/N-ethyl adjacent to an activating group) is 1. The van der Waals surface area contributed by atoms with Gasteiger partial charge in [0.2, 0.25) is 0 Å². The van der Waals surface area contributed by atoms with E-state index in [-0.39, 0.29) is 6.54 Å². The number of carbonyl (C=O) groups excluding carboxylic acids is 2. The number of aliphatic hydroxyl groups excluding tert-OH is 1. The van der Waals surface area contributed by atoms with Crippen LogP contribution in [-0.2, 0) is 22.6 Å². The highest BCUT2D eigenvalue weighted by Gasteiger charge is 2.19. The van der Waals surface area contributed by atoms with E-state index < -0.39 is 17.9 Å². The highest BCUT2D eigenvalue weighted by molar-refractivity contribution is 7.07. The number of aliphatic hydroxyl groups is 1. The van der Waals surface area contributed by atoms with Gasteiger partial charge in [0.15, 0.2) is 0 Å². The molecule has 3 N–H and O–H groups in total. The van der Waals surface area contributed by atoms with Gasteiger partial charge in [0, 0.05) is 32.4 Å². The molecule has 1 aromatic carbocycles. The van der Waals surface area contributed by atoms with Crippen molar-refractivity contribution in [1.29, 1.82) is 0 Å². The van der Waals surface area contributed by atoms with Gasteiger partial charge >= 0.3 is 11.8 Å². The van der Waals surface area contributed by atoms with Crippen molar-refractivity contribution in [3.63, 3.8) is 0 Å². The number of nitrogens with zero attached hydrogens (tertiary/aromatic N) is 1. The molecule has 7 heteroatoms. The number of amides is 2. The van der Waals surface area contributed by atoms with Crippen LogP contribution in [0.15, 0.2) is 35.0 Å². The van der Waals surface area contributed by atoms with Gasteiger partial charge in [-0.1, -0.05) is 12.1 Å². The average molecular weight is 359 g/mol. The van der Waals surface area contributed by atoms with Gasteiger partial charge in [-0.15, -0.1) is 0 Å². The lowest BCUT2D eigenvalue weighted by molar-refractivity contribution is -0.139. The monoisotopic (exact) mass is 359 g/mol. The number of carbonyl (C=O) groups is 2. The van der Waals surface area contributed by atoms with Crippen molar-refractivity contribution in [2.24, 2.45) is 0 Å². The van der Waals surface area contributed by atoms with Gasteiger partial charge in [-0.3, -0.25) is 9.59 Å². The first-order valence-corrected chi connectivity index (χ1v) is 9.08. The molecular weight excluding hydrogens is 338 g/mol. The zero-order chi connectivity index (χ0) is 17.8. The van der Waals surface area contributed by atoms with Crippen LogP contribution in [0.1, 0.15) is 22.8 Å². The Kier molecular flexibility index (Phi) is 5.35. The van der Waals surface area contributed by atoms with Gasteiger partial charge in [-0.05, 0) is 46.0 Å². The molecule has 2 aromatic rings. The van der Waals surface area contributed by atoms with E-state index in [0.29, 0.717) is 6.54 Å². The number of hydrogen-bond donors (Lipinski definition) is 3. The summed E-state index contributed by atoms with van der Waals surface area (Å²) in [5.41, 5.74) is 4.06. The third kappa shape index (κ3) is 4.18. The minimum absolute atomic E-state index is 0.000664. The second-order valence-electron chi connectivity index (χ2n) is 6.10. The fraction of sp³-hybridized carbons (Fsp3) is 0.333. The molecule has 0 saturated carbocycles. The van der Waals surface area contributed by atoms with Crippen LogP contribution in [-0.4, -0.2) is 37.1 Å². The molecule has 1 atom stereocenters. The number of anilines is 1. The van der Waals surface area contributed by atoms with Crippen LogP contribution in [0, 0.1) is 0 Å². The highest BCUT2D eigenvalue weighted by Crippen LogP contribution is 2.29. The Morgan fingerprint density at radius 2 is 2.08 bits per heavy atom. The van der Waals surface area contributed by atoms with Gasteiger partial charge in [-0.2, -0.15) is 11.3 Å². The van der Waals surface area contributed by atoms with Crippen LogP contribution < -0.4 is 15.5 Å². The molecule has 1 aromatic heterocycles. The standard InChI is InChI=1S/C18H21N3O3S/c1-21-6-4-13-8-14(2-3-15(13)21)16(22)10-20-18(24)17(23)19-9-12-5-7-25-11-12/h2-3,5,7-8,11,16,22H,4,6,9-10H2,1H3,(H,19,23)(H,20,24). The Morgan fingerprint density at radius 3 is 2.84 bits per heavy atom. The summed E-state index contributed by atoms with van der Waals surface area (Å²) in [4.78, 5) is 25.8. The molecule has 2 heterocycles. The molecular formula is C18H21N3O3S. The van der Waals surface area contributed by atoms with Gasteiger partial charge in [0.25, 0.3) is 0 Å². The molecule has 0 bridgehead atoms. The van der Waals surface area contributed by atoms with Crippen molar-refractivity contribution >= 4 is 28.8 Å². The van der Waals surface area contributed by atoms with E-state index in [1.807, 2.05) is 42.1 Å². The number of nitrogens with one attached hydrogen (secondary N) is 2. The predicted octanol–water partition coefficient (Wildman–Crippen LogP) is 1.21. The van der Waals surface area contributed by atoms with E-state index in [9.17, 15) is 14.7 Å². The van der Waals surface area contributed by atoms with Gasteiger partial charge < -0.3 is 20.6 Å². The maximum absolute atomic E-state index is 11.8. The zero-order valence-corrected chi connectivity index (χ0v) is 14.8. The average Bonchev–Trinajstić information content (AvgIpc) is 3.27. The maximum atomic E-state index is 11.8. The van der Waals surface area contributed by atoms with Crippen molar-refractivity contribution in [3.8, 4) is 0 Å². The fourth-order valence-electron chi connectivity index (χ4n) is 2.84. The summed E-state index contributed by atoms with van der Waals surface area (Å²) in [7, 11) is 2.04. The molecule has 1 aliphatic rings. The first kappa shape index (κ1) is 17.4. The topological polar surface area (TPSA) is 81.7 Å². The Labute approximate surface area is 150 Å². The molecule has 132 valence electrons. The number of fused-ring (bicyclic) bond motifs is 1. The molecule has 25 heavy (non-hydrogen) atoms. The molecule has 3 rings (SSSR count). The summed E-state index contributed by atoms with van der Waals surface area (Å²) in [6.07, 6.45) is 0.105. The Bertz CT molecular complexity index is 761. The maximum Gasteiger partial charge on any atom is 0.309 e. The predicted molar refractivity (Wildman–Crippen MR) is 97.6 cm³/mol. The van der Waals surface area contributed by atoms with Crippen LogP contribution in [0.4, 0.5) is 5.69 Å². The number of hydrogen-bond acceptors (Lipinski definition) is 5.